The number of hydrogen-bond acceptors (Lipinski definition) is 1. The van der Waals surface area contributed by atoms with Crippen LogP contribution in [0.5, 0.6) is 0 Å². The van der Waals surface area contributed by atoms with Crippen molar-refractivity contribution in [2.24, 2.45) is 0 Å². The maximum absolute atomic E-state index is 3.33. The summed E-state index contributed by atoms with van der Waals surface area (Å²) in [4.78, 5) is 2.42. The minimum absolute atomic E-state index is 0.311. The zero-order valence-electron chi connectivity index (χ0n) is 39.7. The normalized spacial score (nSPS) is 13.3. The summed E-state index contributed by atoms with van der Waals surface area (Å²) in [7, 11) is 0. The summed E-state index contributed by atoms with van der Waals surface area (Å²) in [5.74, 6) is 0.311. The Balaban J connectivity index is 0.889. The first-order valence-electron chi connectivity index (χ1n) is 24.8. The number of fused-ring (bicyclic) bond motifs is 4. The number of anilines is 3. The zero-order valence-corrected chi connectivity index (χ0v) is 39.7. The van der Waals surface area contributed by atoms with Gasteiger partial charge in [-0.15, -0.1) is 0 Å². The molecule has 0 amide bonds. The lowest BCUT2D eigenvalue weighted by Gasteiger charge is -2.28. The highest BCUT2D eigenvalue weighted by molar-refractivity contribution is 6.16. The number of allylic oxidation sites excluding steroid dienone is 4. The van der Waals surface area contributed by atoms with Gasteiger partial charge in [-0.3, -0.25) is 0 Å². The van der Waals surface area contributed by atoms with Crippen LogP contribution in [0.15, 0.2) is 273 Å². The van der Waals surface area contributed by atoms with Crippen molar-refractivity contribution in [3.05, 3.63) is 296 Å². The van der Waals surface area contributed by atoms with E-state index in [9.17, 15) is 0 Å². The van der Waals surface area contributed by atoms with Crippen molar-refractivity contribution >= 4 is 55.2 Å². The Kier molecular flexibility index (Phi) is 11.0. The quantitative estimate of drug-likeness (QED) is 0.133. The zero-order chi connectivity index (χ0) is 47.8. The first kappa shape index (κ1) is 42.7. The van der Waals surface area contributed by atoms with Gasteiger partial charge in [-0.1, -0.05) is 212 Å². The second-order valence-electron chi connectivity index (χ2n) is 18.7. The molecule has 2 heteroatoms. The van der Waals surface area contributed by atoms with E-state index in [4.69, 9.17) is 0 Å². The Hall–Kier alpha value is -9.42. The van der Waals surface area contributed by atoms with Gasteiger partial charge in [-0.2, -0.15) is 0 Å². The molecule has 1 aromatic heterocycles. The molecule has 0 bridgehead atoms. The number of para-hydroxylation sites is 2. The fourth-order valence-corrected chi connectivity index (χ4v) is 10.8. The van der Waals surface area contributed by atoms with Crippen LogP contribution in [0, 0.1) is 12.1 Å². The molecule has 0 aliphatic heterocycles. The lowest BCUT2D eigenvalue weighted by atomic mass is 9.88. The van der Waals surface area contributed by atoms with E-state index in [1.54, 1.807) is 0 Å². The van der Waals surface area contributed by atoms with E-state index in [-0.39, 0.29) is 0 Å². The second-order valence-corrected chi connectivity index (χ2v) is 18.7. The fourth-order valence-electron chi connectivity index (χ4n) is 10.8. The molecule has 72 heavy (non-hydrogen) atoms. The summed E-state index contributed by atoms with van der Waals surface area (Å²) in [6, 6.07) is 99.0. The van der Waals surface area contributed by atoms with Crippen LogP contribution in [0.3, 0.4) is 0 Å². The highest BCUT2D eigenvalue weighted by Gasteiger charge is 2.21. The van der Waals surface area contributed by atoms with Crippen molar-refractivity contribution in [2.75, 3.05) is 4.90 Å². The average molecular weight is 917 g/mol. The molecule has 0 N–H and O–H groups in total. The molecule has 0 saturated heterocycles. The molecule has 0 saturated carbocycles. The molecule has 1 aliphatic rings. The molecule has 12 aromatic rings. The van der Waals surface area contributed by atoms with E-state index in [1.165, 1.54) is 71.9 Å². The smallest absolute Gasteiger partial charge is 0.0547 e. The van der Waals surface area contributed by atoms with Crippen LogP contribution in [0.2, 0.25) is 0 Å². The highest BCUT2D eigenvalue weighted by atomic mass is 15.1. The molecule has 338 valence electrons. The molecule has 1 atom stereocenters. The first-order chi connectivity index (χ1) is 35.7. The van der Waals surface area contributed by atoms with Gasteiger partial charge in [0.25, 0.3) is 0 Å². The van der Waals surface area contributed by atoms with Crippen LogP contribution >= 0.6 is 0 Å². The van der Waals surface area contributed by atoms with Gasteiger partial charge in [0.1, 0.15) is 0 Å². The molecule has 1 aliphatic carbocycles. The third-order valence-corrected chi connectivity index (χ3v) is 14.4. The van der Waals surface area contributed by atoms with Crippen molar-refractivity contribution in [3.63, 3.8) is 0 Å². The van der Waals surface area contributed by atoms with Crippen molar-refractivity contribution in [1.82, 2.24) is 4.57 Å². The van der Waals surface area contributed by atoms with E-state index in [0.29, 0.717) is 5.92 Å². The summed E-state index contributed by atoms with van der Waals surface area (Å²) in [5, 5.41) is 4.66. The molecule has 2 nitrogen and oxygen atoms in total. The Morgan fingerprint density at radius 3 is 1.76 bits per heavy atom. The molecule has 11 aromatic carbocycles. The number of rotatable bonds is 10. The van der Waals surface area contributed by atoms with Gasteiger partial charge in [0.2, 0.25) is 0 Å². The average Bonchev–Trinajstić information content (AvgIpc) is 3.81. The molecule has 1 heterocycles. The lowest BCUT2D eigenvalue weighted by Crippen LogP contribution is -2.11. The summed E-state index contributed by atoms with van der Waals surface area (Å²) in [6.45, 7) is 0. The van der Waals surface area contributed by atoms with Gasteiger partial charge >= 0.3 is 0 Å². The van der Waals surface area contributed by atoms with E-state index >= 15 is 0 Å². The van der Waals surface area contributed by atoms with Gasteiger partial charge in [-0.05, 0) is 140 Å². The monoisotopic (exact) mass is 916 g/mol. The third-order valence-electron chi connectivity index (χ3n) is 14.4. The van der Waals surface area contributed by atoms with Crippen LogP contribution in [0.1, 0.15) is 23.5 Å². The lowest BCUT2D eigenvalue weighted by molar-refractivity contribution is 0.856. The second kappa shape index (κ2) is 18.5. The van der Waals surface area contributed by atoms with Crippen molar-refractivity contribution in [1.29, 1.82) is 0 Å². The Morgan fingerprint density at radius 1 is 0.444 bits per heavy atom. The van der Waals surface area contributed by atoms with E-state index in [1.807, 2.05) is 6.07 Å². The summed E-state index contributed by atoms with van der Waals surface area (Å²) < 4.78 is 2.39. The van der Waals surface area contributed by atoms with Gasteiger partial charge in [0.05, 0.1) is 16.7 Å². The maximum Gasteiger partial charge on any atom is 0.0547 e. The largest absolute Gasteiger partial charge is 0.310 e. The molecule has 13 rings (SSSR count). The predicted octanol–water partition coefficient (Wildman–Crippen LogP) is 18.8. The molecule has 0 spiro atoms. The van der Waals surface area contributed by atoms with E-state index in [2.05, 4.69) is 289 Å². The third kappa shape index (κ3) is 7.94. The van der Waals surface area contributed by atoms with Gasteiger partial charge in [-0.25, -0.2) is 0 Å². The van der Waals surface area contributed by atoms with E-state index in [0.717, 1.165) is 51.1 Å². The highest BCUT2D eigenvalue weighted by Crippen LogP contribution is 2.45. The predicted molar refractivity (Wildman–Crippen MR) is 303 cm³/mol. The van der Waals surface area contributed by atoms with Crippen LogP contribution in [0.25, 0.3) is 88.3 Å². The molecule has 0 radical (unpaired) electrons. The van der Waals surface area contributed by atoms with Crippen molar-refractivity contribution < 1.29 is 0 Å². The van der Waals surface area contributed by atoms with Crippen LogP contribution < -0.4 is 4.90 Å². The van der Waals surface area contributed by atoms with Gasteiger partial charge in [0.15, 0.2) is 0 Å². The Morgan fingerprint density at radius 2 is 1.03 bits per heavy atom. The summed E-state index contributed by atoms with van der Waals surface area (Å²) >= 11 is 0. The molecule has 1 unspecified atom stereocenters. The minimum Gasteiger partial charge on any atom is -0.310 e. The van der Waals surface area contributed by atoms with Crippen LogP contribution in [0.4, 0.5) is 17.1 Å². The van der Waals surface area contributed by atoms with Gasteiger partial charge < -0.3 is 9.47 Å². The number of aromatic nitrogens is 1. The summed E-state index contributed by atoms with van der Waals surface area (Å²) in [5.41, 5.74) is 20.1. The summed E-state index contributed by atoms with van der Waals surface area (Å²) in [6.07, 6.45) is 7.99. The first-order valence-corrected chi connectivity index (χ1v) is 24.8. The van der Waals surface area contributed by atoms with Crippen molar-refractivity contribution in [2.45, 2.75) is 12.3 Å². The fraction of sp³-hybridized carbons (Fsp3) is 0.0286. The molecular weight excluding hydrogens is 869 g/mol. The number of nitrogens with zero attached hydrogens (tertiary/aromatic N) is 2. The molecule has 0 fully saturated rings. The van der Waals surface area contributed by atoms with E-state index < -0.39 is 0 Å². The number of hydrogen-bond donors (Lipinski definition) is 0. The number of benzene rings is 10. The van der Waals surface area contributed by atoms with Crippen LogP contribution in [-0.2, 0) is 0 Å². The molecular formula is C70H48N2. The Labute approximate surface area is 421 Å². The van der Waals surface area contributed by atoms with Crippen molar-refractivity contribution in [3.8, 4) is 50.2 Å². The van der Waals surface area contributed by atoms with Crippen LogP contribution in [-0.4, -0.2) is 4.57 Å². The maximum atomic E-state index is 3.33. The standard InChI is InChI=1S/C70H48N2/c1-3-15-49(16-4-1)52-29-33-54(34-30-52)56-37-42-61(43-38-56)71(62-44-39-57(40-45-62)55-35-31-53(32-36-55)50-17-5-2-6-18-50)67-26-11-9-23-64(67)59-21-13-22-60(47-59)65-25-14-28-69-70(65)66-24-10-12-27-68(66)72(69)63-46-41-51-19-7-8-20-58(51)48-63/h1-7,9-19,21-35,37-48,55H,36H2. The van der Waals surface area contributed by atoms with Gasteiger partial charge in [0, 0.05) is 44.7 Å². The minimum atomic E-state index is 0.311. The Bertz CT molecular complexity index is 3970. The SMILES string of the molecule is c1ccc2ccc(-n3c4ccccc4c4c(-c5cccc(-c6ccccc6N(c6ccc(-c7ccc(-c8ccccc8)cc7)cc6)c6ccc(C7C=CC(c8ccccc8)=CC7)cc6)c5)cccc43)cc2c#1. The topological polar surface area (TPSA) is 8.17 Å².